The first-order valence-electron chi connectivity index (χ1n) is 18.9. The van der Waals surface area contributed by atoms with Gasteiger partial charge in [0.25, 0.3) is 0 Å². The summed E-state index contributed by atoms with van der Waals surface area (Å²) in [5, 5.41) is 4.55. The largest absolute Gasteiger partial charge is 1.00 e. The Kier molecular flexibility index (Phi) is 15.1. The summed E-state index contributed by atoms with van der Waals surface area (Å²) >= 11 is 2.56. The van der Waals surface area contributed by atoms with Crippen LogP contribution in [-0.2, 0) is 52.9 Å². The Morgan fingerprint density at radius 2 is 0.604 bits per heavy atom. The number of allylic oxidation sites excluding steroid dienone is 4. The molecule has 0 aromatic heterocycles. The third kappa shape index (κ3) is 10.3. The molecule has 0 N–H and O–H groups in total. The van der Waals surface area contributed by atoms with Gasteiger partial charge < -0.3 is 37.2 Å². The molecular weight excluding hydrogens is 759 g/mol. The van der Waals surface area contributed by atoms with E-state index in [4.69, 9.17) is 0 Å². The molecule has 4 rings (SSSR count). The first-order valence-corrected chi connectivity index (χ1v) is 21.7. The van der Waals surface area contributed by atoms with Gasteiger partial charge in [0, 0.05) is 0 Å². The zero-order valence-corrected chi connectivity index (χ0v) is 41.4. The van der Waals surface area contributed by atoms with Crippen LogP contribution in [0.3, 0.4) is 0 Å². The minimum Gasteiger partial charge on any atom is -1.00 e. The molecular formula is C48H69Cl3SiTi. The van der Waals surface area contributed by atoms with E-state index in [0.717, 1.165) is 0 Å². The van der Waals surface area contributed by atoms with Crippen LogP contribution < -0.4 is 52.8 Å². The van der Waals surface area contributed by atoms with E-state index in [2.05, 4.69) is 225 Å². The van der Waals surface area contributed by atoms with E-state index in [-0.39, 0.29) is 73.1 Å². The summed E-state index contributed by atoms with van der Waals surface area (Å²) in [6, 6.07) is 23.4. The van der Waals surface area contributed by atoms with E-state index in [1.807, 2.05) is 0 Å². The molecule has 0 heterocycles. The molecule has 1 aliphatic rings. The van der Waals surface area contributed by atoms with Crippen molar-refractivity contribution in [2.75, 3.05) is 0 Å². The molecule has 0 saturated carbocycles. The minimum atomic E-state index is -2.98. The molecule has 53 heavy (non-hydrogen) atoms. The van der Waals surface area contributed by atoms with Gasteiger partial charge in [0.15, 0.2) is 0 Å². The van der Waals surface area contributed by atoms with Gasteiger partial charge in [0.1, 0.15) is 0 Å². The van der Waals surface area contributed by atoms with Crippen LogP contribution in [0.1, 0.15) is 165 Å². The van der Waals surface area contributed by atoms with Crippen molar-refractivity contribution in [3.05, 3.63) is 112 Å². The second-order valence-corrected chi connectivity index (χ2v) is 27.9. The smallest absolute Gasteiger partial charge is 1.00 e. The first kappa shape index (κ1) is 50.0. The molecule has 3 aromatic carbocycles. The second kappa shape index (κ2) is 16.1. The number of rotatable bonds is 4. The van der Waals surface area contributed by atoms with Crippen molar-refractivity contribution in [1.82, 2.24) is 0 Å². The number of halogens is 3. The van der Waals surface area contributed by atoms with Gasteiger partial charge in [-0.15, -0.1) is 0 Å². The number of hydrogen-bond acceptors (Lipinski definition) is 0. The van der Waals surface area contributed by atoms with Gasteiger partial charge in [-0.05, 0) is 0 Å². The molecule has 0 saturated heterocycles. The average molecular weight is 828 g/mol. The van der Waals surface area contributed by atoms with E-state index in [1.165, 1.54) is 54.5 Å². The third-order valence-corrected chi connectivity index (χ3v) is 18.2. The van der Waals surface area contributed by atoms with Gasteiger partial charge in [-0.3, -0.25) is 0 Å². The van der Waals surface area contributed by atoms with E-state index in [1.54, 1.807) is 0 Å². The van der Waals surface area contributed by atoms with Crippen LogP contribution in [0.2, 0.25) is 3.34 Å². The van der Waals surface area contributed by atoms with Crippen molar-refractivity contribution in [3.8, 4) is 0 Å². The quantitative estimate of drug-likeness (QED) is 0.281. The van der Waals surface area contributed by atoms with Gasteiger partial charge in [0.2, 0.25) is 0 Å². The fraction of sp³-hybridized carbons (Fsp3) is 0.542. The van der Waals surface area contributed by atoms with E-state index in [9.17, 15) is 0 Å². The van der Waals surface area contributed by atoms with Crippen LogP contribution in [0.4, 0.5) is 0 Å². The monoisotopic (exact) mass is 826 g/mol. The molecule has 0 bridgehead atoms. The van der Waals surface area contributed by atoms with Gasteiger partial charge >= 0.3 is 323 Å². The molecule has 0 aliphatic heterocycles. The van der Waals surface area contributed by atoms with E-state index in [0.29, 0.717) is 0 Å². The zero-order chi connectivity index (χ0) is 38.3. The molecule has 0 radical (unpaired) electrons. The number of benzene rings is 3. The Morgan fingerprint density at radius 3 is 0.755 bits per heavy atom. The molecule has 0 nitrogen and oxygen atoms in total. The summed E-state index contributed by atoms with van der Waals surface area (Å²) in [7, 11) is -2.98. The Hall–Kier alpha value is -1.06. The molecule has 0 spiro atoms. The molecule has 290 valence electrons. The molecule has 1 unspecified atom stereocenters. The first-order chi connectivity index (χ1) is 22.3. The SMILES string of the molecule is CC1=C[C]([Ti+3])([Si](c2cc(C(C)(C)C)cc(C(C)(C)C)c2)(c2cc(C(C)(C)C)cc(C(C)(C)C)c2)c2cc(C(C)(C)C)cc(C(C)(C)C)c2)C=C1.[Cl-].[Cl-].[Cl-]. The topological polar surface area (TPSA) is 0 Å². The molecule has 1 aliphatic carbocycles. The maximum absolute atomic E-state index is 2.98. The van der Waals surface area contributed by atoms with Crippen LogP contribution in [-0.4, -0.2) is 8.07 Å². The van der Waals surface area contributed by atoms with Crippen molar-refractivity contribution >= 4 is 23.6 Å². The van der Waals surface area contributed by atoms with E-state index >= 15 is 0 Å². The summed E-state index contributed by atoms with van der Waals surface area (Å²) in [5.74, 6) is 0. The van der Waals surface area contributed by atoms with Crippen molar-refractivity contribution in [3.63, 3.8) is 0 Å². The summed E-state index contributed by atoms with van der Waals surface area (Å²) in [6.45, 7) is 45.3. The summed E-state index contributed by atoms with van der Waals surface area (Å²) in [5.41, 5.74) is 9.92. The fourth-order valence-electron chi connectivity index (χ4n) is 7.30. The van der Waals surface area contributed by atoms with Crippen LogP contribution in [0.5, 0.6) is 0 Å². The Labute approximate surface area is 357 Å². The van der Waals surface area contributed by atoms with Crippen LogP contribution in [0.15, 0.2) is 78.4 Å². The van der Waals surface area contributed by atoms with Crippen molar-refractivity contribution in [2.24, 2.45) is 0 Å². The fourth-order valence-corrected chi connectivity index (χ4v) is 15.3. The van der Waals surface area contributed by atoms with Crippen LogP contribution in [0.25, 0.3) is 0 Å². The maximum atomic E-state index is 2.64. The molecule has 3 aromatic rings. The molecule has 5 heteroatoms. The van der Waals surface area contributed by atoms with Gasteiger partial charge in [0.05, 0.1) is 0 Å². The Bertz CT molecular complexity index is 1540. The van der Waals surface area contributed by atoms with Crippen molar-refractivity contribution < 1.29 is 57.7 Å². The van der Waals surface area contributed by atoms with Crippen molar-refractivity contribution in [1.29, 1.82) is 0 Å². The maximum Gasteiger partial charge on any atom is -1.00 e. The van der Waals surface area contributed by atoms with Crippen LogP contribution >= 0.6 is 0 Å². The Balaban J connectivity index is 0.00000468. The normalized spacial score (nSPS) is 17.1. The van der Waals surface area contributed by atoms with E-state index < -0.39 is 8.07 Å². The summed E-state index contributed by atoms with van der Waals surface area (Å²) in [4.78, 5) is 0. The average Bonchev–Trinajstić information content (AvgIpc) is 3.29. The van der Waals surface area contributed by atoms with Gasteiger partial charge in [-0.25, -0.2) is 0 Å². The summed E-state index contributed by atoms with van der Waals surface area (Å²) < 4.78 is -0.208. The Morgan fingerprint density at radius 1 is 0.396 bits per heavy atom. The predicted molar refractivity (Wildman–Crippen MR) is 222 cm³/mol. The minimum absolute atomic E-state index is 0. The third-order valence-electron chi connectivity index (χ3n) is 11.0. The molecule has 0 amide bonds. The molecule has 1 atom stereocenters. The second-order valence-electron chi connectivity index (χ2n) is 21.7. The van der Waals surface area contributed by atoms with Gasteiger partial charge in [-0.2, -0.15) is 0 Å². The predicted octanol–water partition coefficient (Wildman–Crippen LogP) is 2.71. The van der Waals surface area contributed by atoms with Gasteiger partial charge in [-0.1, -0.05) is 0 Å². The summed E-state index contributed by atoms with van der Waals surface area (Å²) in [6.07, 6.45) is 7.60. The van der Waals surface area contributed by atoms with Crippen LogP contribution in [0, 0.1) is 0 Å². The zero-order valence-electron chi connectivity index (χ0n) is 36.6. The standard InChI is InChI=1S/C48H69Si.3ClH.Ti/c1-32-20-21-39(22-32)49(40-26-33(43(2,3)4)23-34(27-40)44(5,6)7,41-28-35(45(8,9)10)24-36(29-41)46(11,12)13)42-30-37(47(14,15)16)25-38(31-42)48(17,18)19;;;;/h20-31H,1-19H3;3*1H;/q;;;;+3/p-3. The molecule has 0 fully saturated rings. The van der Waals surface area contributed by atoms with Crippen molar-refractivity contribution in [2.45, 2.75) is 167 Å². The number of hydrogen-bond donors (Lipinski definition) is 0.